The first-order valence-electron chi connectivity index (χ1n) is 26.3. The van der Waals surface area contributed by atoms with Crippen LogP contribution in [0.4, 0.5) is 0 Å². The van der Waals surface area contributed by atoms with Crippen LogP contribution in [0.3, 0.4) is 0 Å². The Balaban J connectivity index is 0.000000166. The zero-order valence-corrected chi connectivity index (χ0v) is 46.9. The number of aryl methyl sites for hydroxylation is 2. The van der Waals surface area contributed by atoms with Crippen molar-refractivity contribution in [3.63, 3.8) is 0 Å². The summed E-state index contributed by atoms with van der Waals surface area (Å²) in [7, 11) is -0.357. The Morgan fingerprint density at radius 1 is 0.218 bits per heavy atom. The molecule has 0 aromatic heterocycles. The molecule has 12 rings (SSSR count). The van der Waals surface area contributed by atoms with Gasteiger partial charge in [0.2, 0.25) is 0 Å². The second-order valence-corrected chi connectivity index (χ2v) is 25.1. The van der Waals surface area contributed by atoms with Crippen molar-refractivity contribution in [2.24, 2.45) is 0 Å². The van der Waals surface area contributed by atoms with Crippen molar-refractivity contribution in [3.8, 4) is 44.5 Å². The lowest BCUT2D eigenvalue weighted by Gasteiger charge is -2.13. The van der Waals surface area contributed by atoms with Crippen molar-refractivity contribution >= 4 is 45.3 Å². The van der Waals surface area contributed by atoms with Crippen LogP contribution in [0.25, 0.3) is 44.5 Å². The van der Waals surface area contributed by atoms with Crippen LogP contribution in [0.15, 0.2) is 364 Å². The van der Waals surface area contributed by atoms with Crippen LogP contribution in [-0.4, -0.2) is 0 Å². The van der Waals surface area contributed by atoms with Crippen LogP contribution in [0.5, 0.6) is 0 Å². The van der Waals surface area contributed by atoms with E-state index in [0.29, 0.717) is 0 Å². The molecular formula is C74H58S4+2. The van der Waals surface area contributed by atoms with Gasteiger partial charge in [-0.3, -0.25) is 0 Å². The van der Waals surface area contributed by atoms with Gasteiger partial charge in [-0.25, -0.2) is 0 Å². The highest BCUT2D eigenvalue weighted by atomic mass is 32.2. The van der Waals surface area contributed by atoms with Gasteiger partial charge in [0, 0.05) is 25.1 Å². The van der Waals surface area contributed by atoms with Crippen molar-refractivity contribution < 1.29 is 0 Å². The molecule has 0 nitrogen and oxygen atoms in total. The average molecular weight is 1080 g/mol. The predicted molar refractivity (Wildman–Crippen MR) is 335 cm³/mol. The molecule has 376 valence electrons. The van der Waals surface area contributed by atoms with E-state index in [2.05, 4.69) is 329 Å². The van der Waals surface area contributed by atoms with Crippen molar-refractivity contribution in [3.05, 3.63) is 327 Å². The van der Waals surface area contributed by atoms with Gasteiger partial charge in [-0.05, 0) is 197 Å². The second kappa shape index (κ2) is 25.5. The van der Waals surface area contributed by atoms with Gasteiger partial charge in [0.1, 0.15) is 0 Å². The molecule has 0 spiro atoms. The van der Waals surface area contributed by atoms with Crippen LogP contribution in [0.1, 0.15) is 11.1 Å². The molecule has 0 radical (unpaired) electrons. The average Bonchev–Trinajstić information content (AvgIpc) is 3.55. The largest absolute Gasteiger partial charge is 0.169 e. The van der Waals surface area contributed by atoms with E-state index in [4.69, 9.17) is 0 Å². The van der Waals surface area contributed by atoms with Gasteiger partial charge in [0.05, 0.1) is 21.8 Å². The molecule has 0 fully saturated rings. The van der Waals surface area contributed by atoms with Crippen LogP contribution >= 0.6 is 23.5 Å². The first-order chi connectivity index (χ1) is 38.5. The fourth-order valence-corrected chi connectivity index (χ4v) is 15.5. The summed E-state index contributed by atoms with van der Waals surface area (Å²) >= 11 is 3.64. The van der Waals surface area contributed by atoms with Crippen molar-refractivity contribution in [1.82, 2.24) is 0 Å². The zero-order valence-electron chi connectivity index (χ0n) is 43.7. The number of hydrogen-bond acceptors (Lipinski definition) is 2. The highest BCUT2D eigenvalue weighted by Crippen LogP contribution is 2.40. The summed E-state index contributed by atoms with van der Waals surface area (Å²) in [4.78, 5) is 13.1. The third kappa shape index (κ3) is 12.9. The Bertz CT molecular complexity index is 3790. The molecule has 0 aliphatic rings. The SMILES string of the molecule is Cc1cc([S+](c2ccc(-c3ccccc3)cc2)c2ccccc2C)ccc1Sc1ccc(-c2ccccc2)cc1.c1ccc(-c2ccc(Sc3ccc([S+](c4ccccc4)c4ccc(-c5ccccc5)cc4)cc3)cc2)cc1. The van der Waals surface area contributed by atoms with Crippen molar-refractivity contribution in [2.75, 3.05) is 0 Å². The van der Waals surface area contributed by atoms with Gasteiger partial charge in [-0.1, -0.05) is 206 Å². The molecule has 2 atom stereocenters. The van der Waals surface area contributed by atoms with Gasteiger partial charge in [0.25, 0.3) is 0 Å². The minimum absolute atomic E-state index is 0.168. The lowest BCUT2D eigenvalue weighted by atomic mass is 10.1. The Labute approximate surface area is 475 Å². The van der Waals surface area contributed by atoms with E-state index in [1.54, 1.807) is 11.8 Å². The van der Waals surface area contributed by atoms with Crippen LogP contribution in [-0.2, 0) is 21.8 Å². The molecule has 0 saturated carbocycles. The van der Waals surface area contributed by atoms with Crippen molar-refractivity contribution in [1.29, 1.82) is 0 Å². The normalized spacial score (nSPS) is 11.7. The summed E-state index contributed by atoms with van der Waals surface area (Å²) in [5.74, 6) is 0. The van der Waals surface area contributed by atoms with Gasteiger partial charge in [0.15, 0.2) is 29.4 Å². The summed E-state index contributed by atoms with van der Waals surface area (Å²) in [6.07, 6.45) is 0. The van der Waals surface area contributed by atoms with Crippen LogP contribution in [0.2, 0.25) is 0 Å². The maximum absolute atomic E-state index is 2.39. The van der Waals surface area contributed by atoms with Gasteiger partial charge >= 0.3 is 0 Å². The minimum atomic E-state index is -0.189. The van der Waals surface area contributed by atoms with E-state index in [9.17, 15) is 0 Å². The summed E-state index contributed by atoms with van der Waals surface area (Å²) in [6.45, 7) is 4.46. The molecule has 78 heavy (non-hydrogen) atoms. The predicted octanol–water partition coefficient (Wildman–Crippen LogP) is 21.2. The van der Waals surface area contributed by atoms with E-state index in [0.717, 1.165) is 0 Å². The Kier molecular flexibility index (Phi) is 17.0. The molecule has 0 aliphatic carbocycles. The highest BCUT2D eigenvalue weighted by molar-refractivity contribution is 7.99. The van der Waals surface area contributed by atoms with Gasteiger partial charge < -0.3 is 0 Å². The highest BCUT2D eigenvalue weighted by Gasteiger charge is 2.31. The van der Waals surface area contributed by atoms with E-state index in [1.807, 2.05) is 11.8 Å². The summed E-state index contributed by atoms with van der Waals surface area (Å²) < 4.78 is 0. The van der Waals surface area contributed by atoms with Gasteiger partial charge in [-0.15, -0.1) is 0 Å². The van der Waals surface area contributed by atoms with Crippen LogP contribution < -0.4 is 0 Å². The molecule has 0 saturated heterocycles. The zero-order chi connectivity index (χ0) is 52.9. The summed E-state index contributed by atoms with van der Waals surface area (Å²) in [6, 6.07) is 114. The van der Waals surface area contributed by atoms with E-state index < -0.39 is 0 Å². The van der Waals surface area contributed by atoms with Crippen molar-refractivity contribution in [2.45, 2.75) is 62.8 Å². The molecule has 0 N–H and O–H groups in total. The maximum Gasteiger partial charge on any atom is 0.169 e. The molecule has 0 aliphatic heterocycles. The fourth-order valence-electron chi connectivity index (χ4n) is 9.43. The van der Waals surface area contributed by atoms with E-state index in [-0.39, 0.29) is 21.8 Å². The molecule has 12 aromatic carbocycles. The molecule has 0 bridgehead atoms. The Morgan fingerprint density at radius 3 is 0.923 bits per heavy atom. The topological polar surface area (TPSA) is 0 Å². The lowest BCUT2D eigenvalue weighted by Crippen LogP contribution is -2.07. The Hall–Kier alpha value is -7.96. The molecule has 4 heteroatoms. The fraction of sp³-hybridized carbons (Fsp3) is 0.0270. The van der Waals surface area contributed by atoms with E-state index >= 15 is 0 Å². The summed E-state index contributed by atoms with van der Waals surface area (Å²) in [5.41, 5.74) is 12.6. The quantitative estimate of drug-likeness (QED) is 0.0996. The standard InChI is InChI=1S/C38H31S2.C36H27S2/c1-28-11-9-10-16-38(28)40(35-23-19-33(20-24-35)31-14-7-4-8-15-31)36-25-26-37(29(2)27-36)39-34-21-17-32(18-22-34)30-12-5-3-6-13-30;1-4-10-28(11-5-1)30-16-20-32(21-17-30)37-33-22-26-36(27-23-33)38(34-14-8-3-9-15-34)35-24-18-31(19-25-35)29-12-6-2-7-13-29/h3-27H,1-2H3;1-27H/q2*+1. The molecule has 12 aromatic rings. The molecule has 0 heterocycles. The first-order valence-corrected chi connectivity index (χ1v) is 30.3. The molecule has 2 unspecified atom stereocenters. The maximum atomic E-state index is 2.39. The first kappa shape index (κ1) is 52.1. The number of rotatable bonds is 14. The smallest absolute Gasteiger partial charge is 0.0901 e. The molecule has 0 amide bonds. The van der Waals surface area contributed by atoms with E-state index in [1.165, 1.54) is 105 Å². The minimum Gasteiger partial charge on any atom is -0.0901 e. The number of benzene rings is 12. The Morgan fingerprint density at radius 2 is 0.513 bits per heavy atom. The van der Waals surface area contributed by atoms with Gasteiger partial charge in [-0.2, -0.15) is 0 Å². The lowest BCUT2D eigenvalue weighted by molar-refractivity contribution is 1.20. The third-order valence-electron chi connectivity index (χ3n) is 13.5. The van der Waals surface area contributed by atoms with Crippen LogP contribution in [0, 0.1) is 13.8 Å². The third-order valence-corrected chi connectivity index (χ3v) is 20.3. The molecular weight excluding hydrogens is 1020 g/mol. The second-order valence-electron chi connectivity index (χ2n) is 18.9. The monoisotopic (exact) mass is 1070 g/mol. The summed E-state index contributed by atoms with van der Waals surface area (Å²) in [5, 5.41) is 0. The number of hydrogen-bond donors (Lipinski definition) is 0.